The van der Waals surface area contributed by atoms with Crippen LogP contribution in [-0.2, 0) is 6.54 Å². The van der Waals surface area contributed by atoms with Gasteiger partial charge in [-0.1, -0.05) is 107 Å². The van der Waals surface area contributed by atoms with Crippen molar-refractivity contribution in [2.75, 3.05) is 11.9 Å². The van der Waals surface area contributed by atoms with Crippen molar-refractivity contribution in [2.24, 2.45) is 0 Å². The molecule has 2 aromatic carbocycles. The predicted octanol–water partition coefficient (Wildman–Crippen LogP) is 5.73. The minimum Gasteiger partial charge on any atom is -1.00 e. The summed E-state index contributed by atoms with van der Waals surface area (Å²) in [6, 6.07) is 15.5. The zero-order valence-electron chi connectivity index (χ0n) is 23.2. The average Bonchev–Trinajstić information content (AvgIpc) is 3.32. The summed E-state index contributed by atoms with van der Waals surface area (Å²) >= 11 is 1.72. The van der Waals surface area contributed by atoms with E-state index in [9.17, 15) is 4.79 Å². The van der Waals surface area contributed by atoms with E-state index in [1.54, 1.807) is 11.3 Å². The number of unbranched alkanes of at least 4 members (excludes halogenated alkanes) is 11. The van der Waals surface area contributed by atoms with Crippen molar-refractivity contribution >= 4 is 22.9 Å². The van der Waals surface area contributed by atoms with Gasteiger partial charge in [0.15, 0.2) is 12.7 Å². The Morgan fingerprint density at radius 1 is 0.842 bits per heavy atom. The van der Waals surface area contributed by atoms with Gasteiger partial charge in [-0.25, -0.2) is 0 Å². The molecule has 1 amide bonds. The summed E-state index contributed by atoms with van der Waals surface area (Å²) in [5.41, 5.74) is 2.56. The molecule has 4 nitrogen and oxygen atoms in total. The number of para-hydroxylation sites is 1. The maximum atomic E-state index is 12.9. The molecule has 6 heteroatoms. The van der Waals surface area contributed by atoms with Crippen LogP contribution < -0.4 is 31.6 Å². The predicted molar refractivity (Wildman–Crippen MR) is 156 cm³/mol. The normalized spacial score (nSPS) is 10.7. The number of aryl methyl sites for hydroxylation is 1. The third kappa shape index (κ3) is 11.7. The van der Waals surface area contributed by atoms with Gasteiger partial charge in [0.2, 0.25) is 5.01 Å². The van der Waals surface area contributed by atoms with E-state index in [1.807, 2.05) is 42.5 Å². The molecule has 1 aromatic heterocycles. The van der Waals surface area contributed by atoms with E-state index < -0.39 is 0 Å². The van der Waals surface area contributed by atoms with Gasteiger partial charge in [0.25, 0.3) is 5.91 Å². The number of anilines is 1. The second-order valence-corrected chi connectivity index (χ2v) is 11.0. The highest BCUT2D eigenvalue weighted by Crippen LogP contribution is 2.19. The first-order valence-electron chi connectivity index (χ1n) is 14.2. The van der Waals surface area contributed by atoms with Crippen molar-refractivity contribution in [1.82, 2.24) is 0 Å². The van der Waals surface area contributed by atoms with Crippen LogP contribution >= 0.6 is 11.3 Å². The molecule has 0 atom stereocenters. The Balaban J connectivity index is 0.00000507. The van der Waals surface area contributed by atoms with Gasteiger partial charge >= 0.3 is 0 Å². The molecule has 208 valence electrons. The molecular weight excluding hydrogens is 556 g/mol. The molecule has 3 aromatic rings. The third-order valence-electron chi connectivity index (χ3n) is 6.87. The van der Waals surface area contributed by atoms with Crippen LogP contribution in [0.25, 0.3) is 0 Å². The van der Waals surface area contributed by atoms with E-state index in [0.717, 1.165) is 36.6 Å². The maximum absolute atomic E-state index is 12.9. The number of aromatic nitrogens is 1. The fraction of sp³-hybridized carbons (Fsp3) is 0.500. The number of amides is 1. The van der Waals surface area contributed by atoms with Crippen LogP contribution in [0.4, 0.5) is 5.69 Å². The fourth-order valence-corrected chi connectivity index (χ4v) is 5.20. The molecule has 0 aliphatic carbocycles. The van der Waals surface area contributed by atoms with Gasteiger partial charge in [0.05, 0.1) is 17.7 Å². The monoisotopic (exact) mass is 600 g/mol. The average molecular weight is 602 g/mol. The fourth-order valence-electron chi connectivity index (χ4n) is 4.53. The number of thiazole rings is 1. The summed E-state index contributed by atoms with van der Waals surface area (Å²) in [5.74, 6) is 0.719. The number of halogens is 1. The van der Waals surface area contributed by atoms with Crippen LogP contribution in [0.2, 0.25) is 0 Å². The number of carbonyl (C=O) groups is 1. The Bertz CT molecular complexity index is 1050. The molecule has 0 saturated carbocycles. The quantitative estimate of drug-likeness (QED) is 0.150. The van der Waals surface area contributed by atoms with E-state index in [2.05, 4.69) is 41.4 Å². The van der Waals surface area contributed by atoms with E-state index >= 15 is 0 Å². The molecule has 1 N–H and O–H groups in total. The number of ether oxygens (including phenoxy) is 1. The Morgan fingerprint density at radius 2 is 1.45 bits per heavy atom. The SMILES string of the molecule is CCCCCCCCCCCCCCOc1ccc(C(=O)Nc2ccccc2C[n+]2ccsc2C)cc1.[Br-]. The van der Waals surface area contributed by atoms with Crippen molar-refractivity contribution < 1.29 is 31.1 Å². The minimum atomic E-state index is -0.105. The number of hydrogen-bond donors (Lipinski definition) is 1. The number of rotatable bonds is 18. The highest BCUT2D eigenvalue weighted by Gasteiger charge is 2.14. The largest absolute Gasteiger partial charge is 1.00 e. The topological polar surface area (TPSA) is 42.2 Å². The van der Waals surface area contributed by atoms with Gasteiger partial charge in [0, 0.05) is 18.1 Å². The lowest BCUT2D eigenvalue weighted by Gasteiger charge is -2.10. The van der Waals surface area contributed by atoms with Crippen LogP contribution in [0.3, 0.4) is 0 Å². The summed E-state index contributed by atoms with van der Waals surface area (Å²) in [5, 5.41) is 6.40. The second-order valence-electron chi connectivity index (χ2n) is 9.92. The van der Waals surface area contributed by atoms with Gasteiger partial charge < -0.3 is 27.0 Å². The molecule has 0 spiro atoms. The first-order chi connectivity index (χ1) is 18.2. The summed E-state index contributed by atoms with van der Waals surface area (Å²) in [7, 11) is 0. The molecule has 0 unspecified atom stereocenters. The summed E-state index contributed by atoms with van der Waals surface area (Å²) in [6.07, 6.45) is 18.2. The molecule has 0 fully saturated rings. The summed E-state index contributed by atoms with van der Waals surface area (Å²) in [4.78, 5) is 12.9. The van der Waals surface area contributed by atoms with E-state index in [-0.39, 0.29) is 22.9 Å². The molecule has 0 bridgehead atoms. The molecule has 38 heavy (non-hydrogen) atoms. The Morgan fingerprint density at radius 3 is 2.05 bits per heavy atom. The number of nitrogens with zero attached hydrogens (tertiary/aromatic N) is 1. The van der Waals surface area contributed by atoms with E-state index in [1.165, 1.54) is 75.6 Å². The molecule has 0 radical (unpaired) electrons. The zero-order valence-corrected chi connectivity index (χ0v) is 25.6. The van der Waals surface area contributed by atoms with Gasteiger partial charge in [0.1, 0.15) is 5.75 Å². The first-order valence-corrected chi connectivity index (χ1v) is 15.1. The maximum Gasteiger partial charge on any atom is 0.255 e. The van der Waals surface area contributed by atoms with Gasteiger partial charge in [-0.3, -0.25) is 4.79 Å². The van der Waals surface area contributed by atoms with E-state index in [0.29, 0.717) is 5.56 Å². The molecule has 0 saturated heterocycles. The molecule has 0 aliphatic rings. The van der Waals surface area contributed by atoms with Gasteiger partial charge in [-0.2, -0.15) is 4.57 Å². The molecule has 0 aliphatic heterocycles. The Labute approximate surface area is 244 Å². The number of benzene rings is 2. The van der Waals surface area contributed by atoms with Crippen molar-refractivity contribution in [2.45, 2.75) is 97.4 Å². The number of nitrogens with one attached hydrogen (secondary N) is 1. The standard InChI is InChI=1S/C32H44N2O2S.BrH/c1-3-4-5-6-7-8-9-10-11-12-13-16-24-36-30-21-19-28(20-22-30)32(35)33-31-18-15-14-17-29(31)26-34-23-25-37-27(34)2;/h14-15,17-23,25H,3-13,16,24,26H2,1-2H3;1H. The summed E-state index contributed by atoms with van der Waals surface area (Å²) in [6.45, 7) is 5.85. The van der Waals surface area contributed by atoms with Gasteiger partial charge in [-0.15, -0.1) is 0 Å². The number of hydrogen-bond acceptors (Lipinski definition) is 3. The molecular formula is C32H45BrN2O2S. The first kappa shape index (κ1) is 32.0. The van der Waals surface area contributed by atoms with Crippen LogP contribution in [0.15, 0.2) is 60.1 Å². The smallest absolute Gasteiger partial charge is 0.255 e. The Hall–Kier alpha value is -2.18. The van der Waals surface area contributed by atoms with Gasteiger partial charge in [-0.05, 0) is 36.8 Å². The highest BCUT2D eigenvalue weighted by atomic mass is 79.9. The third-order valence-corrected chi connectivity index (χ3v) is 7.71. The minimum absolute atomic E-state index is 0. The van der Waals surface area contributed by atoms with Crippen molar-refractivity contribution in [3.8, 4) is 5.75 Å². The molecule has 1 heterocycles. The van der Waals surface area contributed by atoms with Crippen LogP contribution in [0.1, 0.15) is 105 Å². The zero-order chi connectivity index (χ0) is 26.1. The van der Waals surface area contributed by atoms with Crippen LogP contribution in [0.5, 0.6) is 5.75 Å². The lowest BCUT2D eigenvalue weighted by molar-refractivity contribution is -0.689. The summed E-state index contributed by atoms with van der Waals surface area (Å²) < 4.78 is 8.10. The number of carbonyl (C=O) groups excluding carboxylic acids is 1. The second kappa shape index (κ2) is 19.0. The Kier molecular flexibility index (Phi) is 16.0. The lowest BCUT2D eigenvalue weighted by Crippen LogP contribution is -3.00. The lowest BCUT2D eigenvalue weighted by atomic mass is 10.1. The van der Waals surface area contributed by atoms with Crippen LogP contribution in [0, 0.1) is 6.92 Å². The van der Waals surface area contributed by atoms with Crippen LogP contribution in [-0.4, -0.2) is 12.5 Å². The highest BCUT2D eigenvalue weighted by molar-refractivity contribution is 7.09. The molecule has 3 rings (SSSR count). The van der Waals surface area contributed by atoms with Crippen molar-refractivity contribution in [1.29, 1.82) is 0 Å². The van der Waals surface area contributed by atoms with Crippen molar-refractivity contribution in [3.63, 3.8) is 0 Å². The van der Waals surface area contributed by atoms with E-state index in [4.69, 9.17) is 4.74 Å². The van der Waals surface area contributed by atoms with Crippen molar-refractivity contribution in [3.05, 3.63) is 76.2 Å².